The number of rotatable bonds is 12. The van der Waals surface area contributed by atoms with Crippen LogP contribution in [0.5, 0.6) is 5.75 Å². The van der Waals surface area contributed by atoms with Crippen molar-refractivity contribution in [2.45, 2.75) is 49.4 Å². The van der Waals surface area contributed by atoms with Crippen molar-refractivity contribution in [3.8, 4) is 5.75 Å². The van der Waals surface area contributed by atoms with E-state index in [0.717, 1.165) is 59.7 Å². The molecule has 5 nitrogen and oxygen atoms in total. The van der Waals surface area contributed by atoms with Crippen LogP contribution in [0.3, 0.4) is 0 Å². The molecule has 0 fully saturated rings. The Balaban J connectivity index is 1.83. The number of sulfone groups is 1. The molecule has 0 bridgehead atoms. The average Bonchev–Trinajstić information content (AvgIpc) is 2.85. The maximum atomic E-state index is 15.2. The zero-order valence-corrected chi connectivity index (χ0v) is 24.9. The van der Waals surface area contributed by atoms with E-state index in [1.807, 2.05) is 0 Å². The van der Waals surface area contributed by atoms with Crippen molar-refractivity contribution in [3.63, 3.8) is 0 Å². The standard InChI is InChI=1S/C29H29ClF7NO4S/c1-27(2,39)25-23(32)14-21(15-24(25)43(3,40)41)42-13-5-12-38(17-28(33,34)19-8-10-20(31)11-9-19)16-18-6-4-7-22(26(18)30)29(35,36)37/h4,6-11,14-15,39H,5,12-13,16-17H2,1-3H3. The quantitative estimate of drug-likeness (QED) is 0.164. The summed E-state index contributed by atoms with van der Waals surface area (Å²) in [4.78, 5) is 0.656. The summed E-state index contributed by atoms with van der Waals surface area (Å²) in [6, 6.07) is 8.59. The highest BCUT2D eigenvalue weighted by Crippen LogP contribution is 2.38. The molecule has 0 unspecified atom stereocenters. The summed E-state index contributed by atoms with van der Waals surface area (Å²) in [5.74, 6) is -5.50. The molecular formula is C29H29ClF7NO4S. The number of aliphatic hydroxyl groups is 1. The van der Waals surface area contributed by atoms with Gasteiger partial charge in [-0.25, -0.2) is 17.2 Å². The first-order valence-corrected chi connectivity index (χ1v) is 15.1. The van der Waals surface area contributed by atoms with Crippen LogP contribution in [0, 0.1) is 11.6 Å². The topological polar surface area (TPSA) is 66.8 Å². The van der Waals surface area contributed by atoms with Crippen molar-refractivity contribution in [2.75, 3.05) is 26.0 Å². The molecule has 0 aliphatic rings. The summed E-state index contributed by atoms with van der Waals surface area (Å²) >= 11 is 5.99. The van der Waals surface area contributed by atoms with Gasteiger partial charge in [0, 0.05) is 36.5 Å². The Labute approximate surface area is 249 Å². The Hall–Kier alpha value is -2.87. The lowest BCUT2D eigenvalue weighted by molar-refractivity contribution is -0.137. The van der Waals surface area contributed by atoms with Crippen molar-refractivity contribution in [1.82, 2.24) is 4.90 Å². The largest absolute Gasteiger partial charge is 0.493 e. The third kappa shape index (κ3) is 9.07. The van der Waals surface area contributed by atoms with Crippen LogP contribution in [0.15, 0.2) is 59.5 Å². The average molecular weight is 656 g/mol. The van der Waals surface area contributed by atoms with Crippen molar-refractivity contribution >= 4 is 21.4 Å². The fourth-order valence-corrected chi connectivity index (χ4v) is 5.79. The predicted molar refractivity (Wildman–Crippen MR) is 147 cm³/mol. The van der Waals surface area contributed by atoms with Gasteiger partial charge in [0.05, 0.1) is 34.2 Å². The van der Waals surface area contributed by atoms with E-state index < -0.39 is 78.9 Å². The zero-order chi connectivity index (χ0) is 32.4. The van der Waals surface area contributed by atoms with Gasteiger partial charge in [-0.05, 0) is 50.1 Å². The summed E-state index contributed by atoms with van der Waals surface area (Å²) in [5.41, 5.74) is -3.98. The smallest absolute Gasteiger partial charge is 0.417 e. The van der Waals surface area contributed by atoms with Crippen LogP contribution < -0.4 is 4.74 Å². The van der Waals surface area contributed by atoms with Crippen LogP contribution in [-0.4, -0.2) is 44.4 Å². The number of hydrogen-bond donors (Lipinski definition) is 1. The Kier molecular flexibility index (Phi) is 10.5. The normalized spacial score (nSPS) is 13.0. The maximum Gasteiger partial charge on any atom is 0.417 e. The highest BCUT2D eigenvalue weighted by molar-refractivity contribution is 7.90. The summed E-state index contributed by atoms with van der Waals surface area (Å²) < 4.78 is 129. The molecule has 43 heavy (non-hydrogen) atoms. The van der Waals surface area contributed by atoms with Crippen LogP contribution in [0.4, 0.5) is 30.7 Å². The lowest BCUT2D eigenvalue weighted by Gasteiger charge is -2.28. The first-order chi connectivity index (χ1) is 19.7. The molecule has 0 aliphatic heterocycles. The molecule has 14 heteroatoms. The molecule has 3 aromatic rings. The minimum atomic E-state index is -4.77. The number of benzene rings is 3. The van der Waals surface area contributed by atoms with Crippen molar-refractivity contribution in [3.05, 3.63) is 93.5 Å². The molecule has 0 spiro atoms. The van der Waals surface area contributed by atoms with Crippen molar-refractivity contribution < 1.29 is 49.0 Å². The second-order valence-electron chi connectivity index (χ2n) is 10.5. The Morgan fingerprint density at radius 1 is 0.977 bits per heavy atom. The molecule has 0 amide bonds. The second kappa shape index (κ2) is 13.0. The van der Waals surface area contributed by atoms with Gasteiger partial charge in [0.1, 0.15) is 17.4 Å². The minimum absolute atomic E-state index is 0.000843. The Morgan fingerprint density at radius 3 is 2.16 bits per heavy atom. The molecule has 0 heterocycles. The first kappa shape index (κ1) is 34.6. The molecule has 236 valence electrons. The van der Waals surface area contributed by atoms with E-state index in [1.54, 1.807) is 0 Å². The van der Waals surface area contributed by atoms with Gasteiger partial charge in [0.15, 0.2) is 9.84 Å². The summed E-state index contributed by atoms with van der Waals surface area (Å²) in [5, 5.41) is 9.63. The van der Waals surface area contributed by atoms with Crippen LogP contribution in [0.2, 0.25) is 5.02 Å². The zero-order valence-electron chi connectivity index (χ0n) is 23.3. The Morgan fingerprint density at radius 2 is 1.60 bits per heavy atom. The Bertz CT molecular complexity index is 1540. The lowest BCUT2D eigenvalue weighted by Crippen LogP contribution is -2.36. The molecule has 0 saturated heterocycles. The van der Waals surface area contributed by atoms with E-state index in [9.17, 15) is 35.5 Å². The van der Waals surface area contributed by atoms with Gasteiger partial charge < -0.3 is 9.84 Å². The van der Waals surface area contributed by atoms with Gasteiger partial charge in [0.2, 0.25) is 0 Å². The maximum absolute atomic E-state index is 15.2. The summed E-state index contributed by atoms with van der Waals surface area (Å²) in [6.45, 7) is 0.665. The molecule has 0 aromatic heterocycles. The second-order valence-corrected chi connectivity index (χ2v) is 12.9. The minimum Gasteiger partial charge on any atom is -0.493 e. The molecule has 0 atom stereocenters. The molecule has 3 aromatic carbocycles. The lowest BCUT2D eigenvalue weighted by atomic mass is 9.97. The number of hydrogen-bond acceptors (Lipinski definition) is 5. The van der Waals surface area contributed by atoms with Gasteiger partial charge >= 0.3 is 6.18 Å². The fraction of sp³-hybridized carbons (Fsp3) is 0.379. The van der Waals surface area contributed by atoms with E-state index in [2.05, 4.69) is 0 Å². The monoisotopic (exact) mass is 655 g/mol. The van der Waals surface area contributed by atoms with E-state index in [1.165, 1.54) is 19.9 Å². The molecular weight excluding hydrogens is 627 g/mol. The number of halogens is 8. The summed E-state index contributed by atoms with van der Waals surface area (Å²) in [7, 11) is -4.00. The van der Waals surface area contributed by atoms with Crippen LogP contribution in [-0.2, 0) is 34.1 Å². The van der Waals surface area contributed by atoms with Crippen LogP contribution >= 0.6 is 11.6 Å². The van der Waals surface area contributed by atoms with E-state index in [4.69, 9.17) is 16.3 Å². The van der Waals surface area contributed by atoms with E-state index in [-0.39, 0.29) is 30.9 Å². The van der Waals surface area contributed by atoms with Crippen LogP contribution in [0.1, 0.15) is 42.5 Å². The first-order valence-electron chi connectivity index (χ1n) is 12.8. The fourth-order valence-electron chi connectivity index (χ4n) is 4.45. The van der Waals surface area contributed by atoms with E-state index >= 15 is 8.78 Å². The van der Waals surface area contributed by atoms with Gasteiger partial charge in [-0.3, -0.25) is 4.90 Å². The molecule has 0 radical (unpaired) electrons. The van der Waals surface area contributed by atoms with Gasteiger partial charge in [-0.1, -0.05) is 35.9 Å². The van der Waals surface area contributed by atoms with Gasteiger partial charge in [-0.2, -0.15) is 22.0 Å². The third-order valence-corrected chi connectivity index (χ3v) is 7.96. The molecule has 0 saturated carbocycles. The third-order valence-electron chi connectivity index (χ3n) is 6.39. The highest BCUT2D eigenvalue weighted by Gasteiger charge is 2.36. The van der Waals surface area contributed by atoms with Gasteiger partial charge in [0.25, 0.3) is 5.92 Å². The number of ether oxygens (including phenoxy) is 1. The molecule has 1 N–H and O–H groups in total. The van der Waals surface area contributed by atoms with Crippen molar-refractivity contribution in [1.29, 1.82) is 0 Å². The van der Waals surface area contributed by atoms with Gasteiger partial charge in [-0.15, -0.1) is 0 Å². The SMILES string of the molecule is CC(C)(O)c1c(F)cc(OCCCN(Cc2cccc(C(F)(F)F)c2Cl)CC(F)(F)c2ccc(F)cc2)cc1S(C)(=O)=O. The van der Waals surface area contributed by atoms with E-state index in [0.29, 0.717) is 0 Å². The van der Waals surface area contributed by atoms with Crippen molar-refractivity contribution in [2.24, 2.45) is 0 Å². The predicted octanol–water partition coefficient (Wildman–Crippen LogP) is 7.33. The summed E-state index contributed by atoms with van der Waals surface area (Å²) in [6.07, 6.45) is -3.94. The molecule has 3 rings (SSSR count). The molecule has 0 aliphatic carbocycles. The highest BCUT2D eigenvalue weighted by atomic mass is 35.5. The number of alkyl halides is 5. The number of nitrogens with zero attached hydrogens (tertiary/aromatic N) is 1. The van der Waals surface area contributed by atoms with Crippen LogP contribution in [0.25, 0.3) is 0 Å².